The lowest BCUT2D eigenvalue weighted by molar-refractivity contribution is 0.727. The van der Waals surface area contributed by atoms with Gasteiger partial charge in [0.15, 0.2) is 0 Å². The summed E-state index contributed by atoms with van der Waals surface area (Å²) in [5.74, 6) is 0. The lowest BCUT2D eigenvalue weighted by Gasteiger charge is -2.03. The Morgan fingerprint density at radius 1 is 1.16 bits per heavy atom. The van der Waals surface area contributed by atoms with E-state index in [9.17, 15) is 0 Å². The number of benzene rings is 1. The van der Waals surface area contributed by atoms with Gasteiger partial charge in [0.2, 0.25) is 0 Å². The van der Waals surface area contributed by atoms with Crippen molar-refractivity contribution in [2.75, 3.05) is 6.54 Å². The van der Waals surface area contributed by atoms with E-state index in [2.05, 4.69) is 28.5 Å². The highest BCUT2D eigenvalue weighted by Gasteiger charge is 2.12. The van der Waals surface area contributed by atoms with Gasteiger partial charge in [-0.05, 0) is 68.3 Å². The van der Waals surface area contributed by atoms with Crippen molar-refractivity contribution in [3.05, 3.63) is 41.2 Å². The number of unbranched alkanes of at least 4 members (excludes halogenated alkanes) is 1. The van der Waals surface area contributed by atoms with E-state index >= 15 is 0 Å². The van der Waals surface area contributed by atoms with Crippen molar-refractivity contribution in [2.45, 2.75) is 38.5 Å². The molecule has 0 amide bonds. The van der Waals surface area contributed by atoms with Crippen molar-refractivity contribution in [3.63, 3.8) is 0 Å². The molecular formula is C15H20N4. The molecule has 1 heterocycles. The smallest absolute Gasteiger partial charge is 0.0831 e. The summed E-state index contributed by atoms with van der Waals surface area (Å²) in [7, 11) is 0. The Morgan fingerprint density at radius 2 is 2.05 bits per heavy atom. The van der Waals surface area contributed by atoms with Crippen molar-refractivity contribution in [3.8, 4) is 5.69 Å². The van der Waals surface area contributed by atoms with Crippen LogP contribution in [-0.4, -0.2) is 21.5 Å². The van der Waals surface area contributed by atoms with E-state index in [-0.39, 0.29) is 0 Å². The van der Waals surface area contributed by atoms with Gasteiger partial charge >= 0.3 is 0 Å². The number of fused-ring (bicyclic) bond motifs is 1. The molecule has 19 heavy (non-hydrogen) atoms. The van der Waals surface area contributed by atoms with Crippen LogP contribution in [-0.2, 0) is 19.3 Å². The fourth-order valence-corrected chi connectivity index (χ4v) is 2.69. The standard InChI is InChI=1S/C15H20N4/c16-9-2-1-6-14-11-19(18-17-14)15-8-7-12-4-3-5-13(12)10-15/h7-8,10-11H,1-6,9,16H2. The van der Waals surface area contributed by atoms with Gasteiger partial charge in [0.25, 0.3) is 0 Å². The zero-order valence-corrected chi connectivity index (χ0v) is 11.2. The van der Waals surface area contributed by atoms with Crippen LogP contribution >= 0.6 is 0 Å². The summed E-state index contributed by atoms with van der Waals surface area (Å²) in [6.45, 7) is 0.749. The maximum Gasteiger partial charge on any atom is 0.0831 e. The number of rotatable bonds is 5. The van der Waals surface area contributed by atoms with E-state index in [4.69, 9.17) is 5.73 Å². The fourth-order valence-electron chi connectivity index (χ4n) is 2.69. The second kappa shape index (κ2) is 5.53. The van der Waals surface area contributed by atoms with Crippen LogP contribution in [0, 0.1) is 0 Å². The summed E-state index contributed by atoms with van der Waals surface area (Å²) in [5, 5.41) is 8.46. The number of aryl methyl sites for hydroxylation is 3. The molecule has 1 aromatic carbocycles. The Bertz CT molecular complexity index is 559. The van der Waals surface area contributed by atoms with E-state index in [0.29, 0.717) is 0 Å². The molecule has 0 saturated carbocycles. The molecule has 1 aromatic heterocycles. The quantitative estimate of drug-likeness (QED) is 0.833. The van der Waals surface area contributed by atoms with Crippen LogP contribution in [0.1, 0.15) is 36.1 Å². The van der Waals surface area contributed by atoms with Gasteiger partial charge < -0.3 is 5.73 Å². The zero-order chi connectivity index (χ0) is 13.1. The summed E-state index contributed by atoms with van der Waals surface area (Å²) >= 11 is 0. The minimum atomic E-state index is 0.749. The number of nitrogens with zero attached hydrogens (tertiary/aromatic N) is 3. The van der Waals surface area contributed by atoms with Crippen LogP contribution in [0.5, 0.6) is 0 Å². The molecule has 4 heteroatoms. The van der Waals surface area contributed by atoms with Crippen molar-refractivity contribution in [1.29, 1.82) is 0 Å². The van der Waals surface area contributed by atoms with Gasteiger partial charge in [-0.25, -0.2) is 4.68 Å². The Labute approximate surface area is 113 Å². The lowest BCUT2D eigenvalue weighted by atomic mass is 10.1. The third-order valence-electron chi connectivity index (χ3n) is 3.77. The van der Waals surface area contributed by atoms with E-state index < -0.39 is 0 Å². The first-order valence-corrected chi connectivity index (χ1v) is 7.10. The minimum absolute atomic E-state index is 0.749. The van der Waals surface area contributed by atoms with Crippen LogP contribution < -0.4 is 5.73 Å². The van der Waals surface area contributed by atoms with Crippen LogP contribution in [0.3, 0.4) is 0 Å². The number of hydrogen-bond donors (Lipinski definition) is 1. The highest BCUT2D eigenvalue weighted by atomic mass is 15.4. The molecule has 2 N–H and O–H groups in total. The first-order chi connectivity index (χ1) is 9.36. The Morgan fingerprint density at radius 3 is 2.95 bits per heavy atom. The second-order valence-corrected chi connectivity index (χ2v) is 5.21. The molecule has 2 aromatic rings. The molecule has 0 aliphatic heterocycles. The van der Waals surface area contributed by atoms with Crippen molar-refractivity contribution in [2.24, 2.45) is 5.73 Å². The highest BCUT2D eigenvalue weighted by Crippen LogP contribution is 2.24. The highest BCUT2D eigenvalue weighted by molar-refractivity contribution is 5.42. The predicted octanol–water partition coefficient (Wildman–Crippen LogP) is 2.04. The molecule has 0 radical (unpaired) electrons. The number of nitrogens with two attached hydrogens (primary N) is 1. The lowest BCUT2D eigenvalue weighted by Crippen LogP contribution is -1.99. The summed E-state index contributed by atoms with van der Waals surface area (Å²) < 4.78 is 1.89. The average Bonchev–Trinajstić information content (AvgIpc) is 3.06. The monoisotopic (exact) mass is 256 g/mol. The molecule has 100 valence electrons. The van der Waals surface area contributed by atoms with Gasteiger partial charge in [-0.15, -0.1) is 5.10 Å². The minimum Gasteiger partial charge on any atom is -0.330 e. The molecule has 0 bridgehead atoms. The third-order valence-corrected chi connectivity index (χ3v) is 3.77. The molecule has 4 nitrogen and oxygen atoms in total. The van der Waals surface area contributed by atoms with Crippen molar-refractivity contribution >= 4 is 0 Å². The first-order valence-electron chi connectivity index (χ1n) is 7.10. The zero-order valence-electron chi connectivity index (χ0n) is 11.2. The largest absolute Gasteiger partial charge is 0.330 e. The molecule has 0 unspecified atom stereocenters. The van der Waals surface area contributed by atoms with Gasteiger partial charge in [-0.1, -0.05) is 11.3 Å². The Balaban J connectivity index is 1.75. The third kappa shape index (κ3) is 2.68. The first kappa shape index (κ1) is 12.4. The molecule has 1 aliphatic rings. The summed E-state index contributed by atoms with van der Waals surface area (Å²) in [6.07, 6.45) is 8.82. The van der Waals surface area contributed by atoms with Gasteiger partial charge in [0.05, 0.1) is 17.6 Å². The van der Waals surface area contributed by atoms with E-state index in [1.165, 1.54) is 30.4 Å². The Kier molecular flexibility index (Phi) is 3.60. The maximum atomic E-state index is 5.50. The van der Waals surface area contributed by atoms with E-state index in [1.54, 1.807) is 0 Å². The molecule has 0 atom stereocenters. The van der Waals surface area contributed by atoms with Crippen molar-refractivity contribution < 1.29 is 0 Å². The summed E-state index contributed by atoms with van der Waals surface area (Å²) in [6, 6.07) is 6.62. The van der Waals surface area contributed by atoms with E-state index in [0.717, 1.165) is 37.2 Å². The molecule has 1 aliphatic carbocycles. The van der Waals surface area contributed by atoms with Crippen molar-refractivity contribution in [1.82, 2.24) is 15.0 Å². The van der Waals surface area contributed by atoms with Gasteiger partial charge in [0, 0.05) is 0 Å². The molecule has 0 spiro atoms. The Hall–Kier alpha value is -1.68. The normalized spacial score (nSPS) is 13.7. The second-order valence-electron chi connectivity index (χ2n) is 5.21. The van der Waals surface area contributed by atoms with E-state index in [1.807, 2.05) is 10.9 Å². The van der Waals surface area contributed by atoms with Gasteiger partial charge in [-0.3, -0.25) is 0 Å². The molecule has 0 fully saturated rings. The molecule has 3 rings (SSSR count). The number of aromatic nitrogens is 3. The maximum absolute atomic E-state index is 5.50. The van der Waals surface area contributed by atoms with Crippen LogP contribution in [0.4, 0.5) is 0 Å². The van der Waals surface area contributed by atoms with Gasteiger partial charge in [0.1, 0.15) is 0 Å². The summed E-state index contributed by atoms with van der Waals surface area (Å²) in [4.78, 5) is 0. The fraction of sp³-hybridized carbons (Fsp3) is 0.467. The molecule has 0 saturated heterocycles. The van der Waals surface area contributed by atoms with Crippen LogP contribution in [0.2, 0.25) is 0 Å². The SMILES string of the molecule is NCCCCc1cn(-c2ccc3c(c2)CCC3)nn1. The predicted molar refractivity (Wildman–Crippen MR) is 75.4 cm³/mol. The molecular weight excluding hydrogens is 236 g/mol. The van der Waals surface area contributed by atoms with Gasteiger partial charge in [-0.2, -0.15) is 0 Å². The summed E-state index contributed by atoms with van der Waals surface area (Å²) in [5.41, 5.74) is 10.6. The van der Waals surface area contributed by atoms with Crippen LogP contribution in [0.25, 0.3) is 5.69 Å². The number of hydrogen-bond acceptors (Lipinski definition) is 3. The van der Waals surface area contributed by atoms with Crippen LogP contribution in [0.15, 0.2) is 24.4 Å². The topological polar surface area (TPSA) is 56.7 Å². The average molecular weight is 256 g/mol.